The monoisotopic (exact) mass is 966 g/mol. The zero-order valence-corrected chi connectivity index (χ0v) is 39.9. The van der Waals surface area contributed by atoms with Gasteiger partial charge in [-0.15, -0.1) is 0 Å². The number of halogens is 2. The maximum atomic E-state index is 15.8. The molecule has 3 saturated heterocycles. The summed E-state index contributed by atoms with van der Waals surface area (Å²) in [5.41, 5.74) is 2.78. The van der Waals surface area contributed by atoms with Gasteiger partial charge in [-0.3, -0.25) is 39.0 Å². The number of hydrogen-bond donors (Lipinski definition) is 1. The Morgan fingerprint density at radius 1 is 0.841 bits per heavy atom. The number of ether oxygens (including phenoxy) is 3. The lowest BCUT2D eigenvalue weighted by molar-refractivity contribution is -0.134. The number of rotatable bonds is 15. The summed E-state index contributed by atoms with van der Waals surface area (Å²) < 4.78 is 76.0. The molecule has 4 amide bonds. The minimum Gasteiger partial charge on any atom is -0.493 e. The summed E-state index contributed by atoms with van der Waals surface area (Å²) in [4.78, 5) is 57.7. The topological polar surface area (TPSA) is 170 Å². The molecule has 15 nitrogen and oxygen atoms in total. The van der Waals surface area contributed by atoms with Gasteiger partial charge in [-0.05, 0) is 130 Å². The summed E-state index contributed by atoms with van der Waals surface area (Å²) in [6.45, 7) is 4.13. The van der Waals surface area contributed by atoms with Crippen LogP contribution in [0.25, 0.3) is 10.9 Å². The lowest BCUT2D eigenvalue weighted by atomic mass is 9.78. The quantitative estimate of drug-likeness (QED) is 0.103. The number of methoxy groups -OCH3 is 1. The average molecular weight is 967 g/mol. The highest BCUT2D eigenvalue weighted by molar-refractivity contribution is 7.90. The number of carbonyl (C=O) groups is 4. The fourth-order valence-corrected chi connectivity index (χ4v) is 11.5. The number of nitrogens with zero attached hydrogens (tertiary/aromatic N) is 5. The number of hydrogen-bond acceptors (Lipinski definition) is 12. The van der Waals surface area contributed by atoms with E-state index in [0.717, 1.165) is 47.7 Å². The van der Waals surface area contributed by atoms with Gasteiger partial charge >= 0.3 is 0 Å². The molecule has 18 heteroatoms. The van der Waals surface area contributed by atoms with E-state index in [2.05, 4.69) is 15.3 Å². The van der Waals surface area contributed by atoms with Crippen LogP contribution in [0.3, 0.4) is 0 Å². The summed E-state index contributed by atoms with van der Waals surface area (Å²) in [5.74, 6) is -3.43. The Morgan fingerprint density at radius 3 is 2.20 bits per heavy atom. The Hall–Kier alpha value is -6.40. The van der Waals surface area contributed by atoms with Gasteiger partial charge in [0.25, 0.3) is 17.7 Å². The van der Waals surface area contributed by atoms with Crippen LogP contribution in [0.2, 0.25) is 0 Å². The van der Waals surface area contributed by atoms with Crippen molar-refractivity contribution in [1.29, 1.82) is 0 Å². The van der Waals surface area contributed by atoms with Gasteiger partial charge in [0.1, 0.15) is 21.3 Å². The molecule has 3 fully saturated rings. The van der Waals surface area contributed by atoms with Crippen LogP contribution in [-0.2, 0) is 32.4 Å². The second kappa shape index (κ2) is 19.2. The molecule has 0 radical (unpaired) electrons. The number of carbonyl (C=O) groups excluding carboxylic acids is 4. The van der Waals surface area contributed by atoms with Gasteiger partial charge in [0.15, 0.2) is 11.5 Å². The molecule has 0 unspecified atom stereocenters. The molecule has 0 spiro atoms. The van der Waals surface area contributed by atoms with Gasteiger partial charge in [0.2, 0.25) is 11.8 Å². The molecule has 5 aromatic rings. The highest BCUT2D eigenvalue weighted by Gasteiger charge is 2.45. The van der Waals surface area contributed by atoms with E-state index in [9.17, 15) is 27.6 Å². The van der Waals surface area contributed by atoms with E-state index in [1.165, 1.54) is 31.4 Å². The zero-order chi connectivity index (χ0) is 48.8. The number of alkyl halides is 2. The van der Waals surface area contributed by atoms with Crippen molar-refractivity contribution in [3.63, 3.8) is 0 Å². The van der Waals surface area contributed by atoms with Gasteiger partial charge in [-0.1, -0.05) is 12.1 Å². The molecule has 0 saturated carbocycles. The Bertz CT molecular complexity index is 2910. The SMILES string of the molecule is CCOc1cc([C@@H](CS(C)(=O)=O)N2C(=O)c3cccc(N4CCC(C5CCN(CC(F)(F)c6ccc(Oc7ccc8c([C@H]9CCC(=O)NC9=O)nn(C)c8c7)cc6)CC5)CC4)c3C2=O)ccc1OC. The first-order chi connectivity index (χ1) is 33.0. The van der Waals surface area contributed by atoms with Crippen LogP contribution in [-0.4, -0.2) is 110 Å². The third-order valence-corrected chi connectivity index (χ3v) is 15.0. The van der Waals surface area contributed by atoms with Crippen molar-refractivity contribution < 1.29 is 50.6 Å². The van der Waals surface area contributed by atoms with Crippen LogP contribution in [0.5, 0.6) is 23.0 Å². The second-order valence-corrected chi connectivity index (χ2v) is 20.8. The van der Waals surface area contributed by atoms with Crippen molar-refractivity contribution in [1.82, 2.24) is 24.9 Å². The van der Waals surface area contributed by atoms with Crippen molar-refractivity contribution in [2.24, 2.45) is 18.9 Å². The number of amides is 4. The smallest absolute Gasteiger partial charge is 0.285 e. The molecule has 0 aliphatic carbocycles. The second-order valence-electron chi connectivity index (χ2n) is 18.6. The van der Waals surface area contributed by atoms with Crippen molar-refractivity contribution in [2.45, 2.75) is 63.3 Å². The molecule has 4 aromatic carbocycles. The van der Waals surface area contributed by atoms with Gasteiger partial charge in [-0.2, -0.15) is 13.9 Å². The molecule has 5 heterocycles. The van der Waals surface area contributed by atoms with E-state index < -0.39 is 51.8 Å². The molecule has 69 heavy (non-hydrogen) atoms. The minimum atomic E-state index is -3.66. The molecule has 9 rings (SSSR count). The third-order valence-electron chi connectivity index (χ3n) is 14.1. The van der Waals surface area contributed by atoms with Crippen LogP contribution >= 0.6 is 0 Å². The molecular weight excluding hydrogens is 911 g/mol. The van der Waals surface area contributed by atoms with Crippen LogP contribution in [0.15, 0.2) is 78.9 Å². The summed E-state index contributed by atoms with van der Waals surface area (Å²) in [7, 11) is -0.409. The molecular formula is C51H56F2N6O9S. The lowest BCUT2D eigenvalue weighted by Gasteiger charge is -2.41. The average Bonchev–Trinajstić information content (AvgIpc) is 3.78. The van der Waals surface area contributed by atoms with Crippen molar-refractivity contribution >= 4 is 50.1 Å². The van der Waals surface area contributed by atoms with E-state index in [1.54, 1.807) is 61.1 Å². The van der Waals surface area contributed by atoms with Gasteiger partial charge in [0, 0.05) is 49.8 Å². The minimum absolute atomic E-state index is 0.0987. The molecule has 1 aromatic heterocycles. The molecule has 2 atom stereocenters. The van der Waals surface area contributed by atoms with E-state index in [-0.39, 0.29) is 34.9 Å². The first kappa shape index (κ1) is 47.7. The Kier molecular flexibility index (Phi) is 13.2. The molecule has 1 N–H and O–H groups in total. The predicted molar refractivity (Wildman–Crippen MR) is 254 cm³/mol. The summed E-state index contributed by atoms with van der Waals surface area (Å²) in [6.07, 6.45) is 4.98. The summed E-state index contributed by atoms with van der Waals surface area (Å²) in [5, 5.41) is 7.72. The highest BCUT2D eigenvalue weighted by atomic mass is 32.2. The van der Waals surface area contributed by atoms with Crippen molar-refractivity contribution in [3.05, 3.63) is 107 Å². The van der Waals surface area contributed by atoms with Gasteiger partial charge in [0.05, 0.1) is 66.0 Å². The van der Waals surface area contributed by atoms with E-state index in [0.29, 0.717) is 91.0 Å². The summed E-state index contributed by atoms with van der Waals surface area (Å²) >= 11 is 0. The number of benzene rings is 4. The number of aromatic nitrogens is 2. The molecule has 4 aliphatic heterocycles. The number of nitrogens with one attached hydrogen (secondary N) is 1. The zero-order valence-electron chi connectivity index (χ0n) is 39.1. The lowest BCUT2D eigenvalue weighted by Crippen LogP contribution is -2.44. The van der Waals surface area contributed by atoms with Crippen LogP contribution in [0.4, 0.5) is 14.5 Å². The first-order valence-corrected chi connectivity index (χ1v) is 25.5. The maximum Gasteiger partial charge on any atom is 0.285 e. The first-order valence-electron chi connectivity index (χ1n) is 23.4. The molecule has 4 aliphatic rings. The largest absolute Gasteiger partial charge is 0.493 e. The third kappa shape index (κ3) is 9.78. The normalized spacial score (nSPS) is 19.2. The van der Waals surface area contributed by atoms with Crippen LogP contribution in [0, 0.1) is 11.8 Å². The number of aryl methyl sites for hydroxylation is 1. The highest BCUT2D eigenvalue weighted by Crippen LogP contribution is 2.42. The summed E-state index contributed by atoms with van der Waals surface area (Å²) in [6, 6.07) is 20.2. The standard InChI is InChI=1S/C51H56F2N6O9S/c1-5-67-44-27-33(9-17-43(44)66-3)42(29-69(4,64)65)59-49(62)38-7-6-8-40(46(38)50(59)63)58-25-21-32(22-26-58)31-19-23-57(24-20-31)30-51(52,53)34-10-12-35(13-11-34)68-36-14-15-37-41(28-36)56(2)55-47(37)39-16-18-45(60)54-48(39)61/h6-15,17,27-28,31-32,39,42H,5,16,18-26,29-30H2,1-4H3,(H,54,60,61)/t39-,42-/m1/s1. The Morgan fingerprint density at radius 2 is 1.54 bits per heavy atom. The van der Waals surface area contributed by atoms with Crippen LogP contribution < -0.4 is 24.4 Å². The number of fused-ring (bicyclic) bond motifs is 2. The van der Waals surface area contributed by atoms with Gasteiger partial charge in [-0.25, -0.2) is 8.42 Å². The fraction of sp³-hybridized carbons (Fsp3) is 0.431. The van der Waals surface area contributed by atoms with Crippen LogP contribution in [0.1, 0.15) is 94.9 Å². The Balaban J connectivity index is 0.790. The maximum absolute atomic E-state index is 15.8. The molecule has 0 bridgehead atoms. The number of likely N-dealkylation sites (tertiary alicyclic amines) is 1. The predicted octanol–water partition coefficient (Wildman–Crippen LogP) is 7.40. The number of imide groups is 2. The van der Waals surface area contributed by atoms with E-state index in [4.69, 9.17) is 14.2 Å². The Labute approximate surface area is 399 Å². The number of sulfone groups is 1. The number of piperidine rings is 3. The van der Waals surface area contributed by atoms with Gasteiger partial charge < -0.3 is 19.1 Å². The number of anilines is 1. The molecule has 364 valence electrons. The van der Waals surface area contributed by atoms with E-state index in [1.807, 2.05) is 17.0 Å². The van der Waals surface area contributed by atoms with Crippen molar-refractivity contribution in [3.8, 4) is 23.0 Å². The van der Waals surface area contributed by atoms with Crippen molar-refractivity contribution in [2.75, 3.05) is 63.3 Å². The fourth-order valence-electron chi connectivity index (χ4n) is 10.6. The van der Waals surface area contributed by atoms with E-state index >= 15 is 8.78 Å².